The van der Waals surface area contributed by atoms with Gasteiger partial charge in [-0.1, -0.05) is 152 Å². The van der Waals surface area contributed by atoms with E-state index in [1.807, 2.05) is 48.5 Å². The lowest BCUT2D eigenvalue weighted by Gasteiger charge is -2.24. The number of para-hydroxylation sites is 1. The highest BCUT2D eigenvalue weighted by Crippen LogP contribution is 2.41. The van der Waals surface area contributed by atoms with Gasteiger partial charge in [-0.05, 0) is 55.6 Å². The third-order valence-corrected chi connectivity index (χ3v) is 9.72. The van der Waals surface area contributed by atoms with Crippen LogP contribution in [0.5, 0.6) is 0 Å². The van der Waals surface area contributed by atoms with Gasteiger partial charge >= 0.3 is 0 Å². The van der Waals surface area contributed by atoms with Crippen LogP contribution in [0.1, 0.15) is 22.9 Å². The molecule has 0 fully saturated rings. The number of furan rings is 1. The molecule has 49 heavy (non-hydrogen) atoms. The molecule has 230 valence electrons. The highest BCUT2D eigenvalue weighted by molar-refractivity contribution is 6.26. The second kappa shape index (κ2) is 11.0. The van der Waals surface area contributed by atoms with E-state index in [2.05, 4.69) is 121 Å². The Morgan fingerprint density at radius 2 is 1.06 bits per heavy atom. The van der Waals surface area contributed by atoms with E-state index >= 15 is 0 Å². The molecule has 9 aromatic rings. The van der Waals surface area contributed by atoms with E-state index in [1.54, 1.807) is 0 Å². The highest BCUT2D eigenvalue weighted by atomic mass is 16.3. The molecular formula is C45H29N3O. The van der Waals surface area contributed by atoms with Gasteiger partial charge < -0.3 is 9.73 Å². The van der Waals surface area contributed by atoms with Crippen LogP contribution in [-0.2, 0) is 0 Å². The normalized spacial score (nSPS) is 14.7. The molecule has 0 saturated heterocycles. The predicted octanol–water partition coefficient (Wildman–Crippen LogP) is 11.2. The van der Waals surface area contributed by atoms with Crippen LogP contribution in [0.15, 0.2) is 178 Å². The molecule has 4 heteroatoms. The summed E-state index contributed by atoms with van der Waals surface area (Å²) in [7, 11) is 0. The van der Waals surface area contributed by atoms with E-state index in [0.29, 0.717) is 5.84 Å². The lowest BCUT2D eigenvalue weighted by atomic mass is 9.91. The fraction of sp³-hybridized carbons (Fsp3) is 0.0222. The average Bonchev–Trinajstić information content (AvgIpc) is 3.58. The molecule has 10 rings (SSSR count). The number of nitrogens with one attached hydrogen (secondary N) is 1. The Labute approximate surface area is 282 Å². The first kappa shape index (κ1) is 27.6. The zero-order valence-corrected chi connectivity index (χ0v) is 26.5. The molecule has 0 spiro atoms. The van der Waals surface area contributed by atoms with Gasteiger partial charge in [-0.2, -0.15) is 0 Å². The monoisotopic (exact) mass is 627 g/mol. The first-order valence-corrected chi connectivity index (χ1v) is 16.6. The van der Waals surface area contributed by atoms with Gasteiger partial charge in [-0.25, -0.2) is 9.98 Å². The summed E-state index contributed by atoms with van der Waals surface area (Å²) >= 11 is 0. The number of benzene rings is 8. The van der Waals surface area contributed by atoms with Crippen molar-refractivity contribution in [3.8, 4) is 11.1 Å². The zero-order chi connectivity index (χ0) is 32.3. The van der Waals surface area contributed by atoms with Crippen molar-refractivity contribution in [2.45, 2.75) is 6.17 Å². The summed E-state index contributed by atoms with van der Waals surface area (Å²) < 4.78 is 6.75. The first-order chi connectivity index (χ1) is 24.3. The molecule has 1 aliphatic rings. The van der Waals surface area contributed by atoms with Crippen molar-refractivity contribution >= 4 is 65.9 Å². The third-order valence-electron chi connectivity index (χ3n) is 9.72. The fourth-order valence-electron chi connectivity index (χ4n) is 7.46. The molecule has 0 aliphatic carbocycles. The molecule has 1 aliphatic heterocycles. The van der Waals surface area contributed by atoms with Crippen molar-refractivity contribution in [1.29, 1.82) is 0 Å². The zero-order valence-electron chi connectivity index (χ0n) is 26.5. The van der Waals surface area contributed by atoms with Crippen molar-refractivity contribution in [3.63, 3.8) is 0 Å². The minimum Gasteiger partial charge on any atom is -0.455 e. The second-order valence-electron chi connectivity index (χ2n) is 12.6. The Balaban J connectivity index is 1.16. The number of hydrogen-bond donors (Lipinski definition) is 1. The summed E-state index contributed by atoms with van der Waals surface area (Å²) in [4.78, 5) is 10.2. The lowest BCUT2D eigenvalue weighted by molar-refractivity contribution is 0.668. The van der Waals surface area contributed by atoms with Gasteiger partial charge in [0.1, 0.15) is 23.2 Å². The van der Waals surface area contributed by atoms with Gasteiger partial charge in [0.15, 0.2) is 5.84 Å². The third kappa shape index (κ3) is 4.45. The smallest absolute Gasteiger partial charge is 0.159 e. The fourth-order valence-corrected chi connectivity index (χ4v) is 7.46. The van der Waals surface area contributed by atoms with Gasteiger partial charge in [0.2, 0.25) is 0 Å². The quantitative estimate of drug-likeness (QED) is 0.197. The van der Waals surface area contributed by atoms with E-state index in [0.717, 1.165) is 55.6 Å². The molecule has 0 saturated carbocycles. The average molecular weight is 628 g/mol. The molecule has 0 amide bonds. The van der Waals surface area contributed by atoms with Crippen molar-refractivity contribution in [2.24, 2.45) is 9.98 Å². The number of rotatable bonds is 4. The van der Waals surface area contributed by atoms with Gasteiger partial charge in [0.25, 0.3) is 0 Å². The van der Waals surface area contributed by atoms with Crippen LogP contribution in [0.2, 0.25) is 0 Å². The summed E-state index contributed by atoms with van der Waals surface area (Å²) in [6.07, 6.45) is -0.281. The summed E-state index contributed by atoms with van der Waals surface area (Å²) in [5.41, 5.74) is 6.90. The van der Waals surface area contributed by atoms with Crippen LogP contribution in [0.3, 0.4) is 0 Å². The number of amidine groups is 2. The summed E-state index contributed by atoms with van der Waals surface area (Å²) in [6.45, 7) is 0. The SMILES string of the molecule is c1ccc(C2=NC(c3ccccc3)NC(c3cccc4oc5c(-c6ccc7c8ccccc8c8ccccc8c7c6)cccc5c34)=N2)cc1. The standard InChI is InChI=1S/C45H29N3O/c1-3-13-28(14-4-1)43-46-44(29-15-5-2-6-16-29)48-45(47-43)38-23-12-24-40-41(38)37-22-11-21-31(42(37)49-40)30-25-26-36-34-19-8-7-17-32(34)33-18-9-10-20-35(33)39(36)27-30/h1-27,43H,(H,46,47,48). The first-order valence-electron chi connectivity index (χ1n) is 16.6. The molecular weight excluding hydrogens is 599 g/mol. The maximum Gasteiger partial charge on any atom is 0.159 e. The van der Waals surface area contributed by atoms with Gasteiger partial charge in [0.05, 0.1) is 0 Å². The Kier molecular flexibility index (Phi) is 6.21. The molecule has 1 unspecified atom stereocenters. The Hall–Kier alpha value is -6.52. The van der Waals surface area contributed by atoms with E-state index < -0.39 is 0 Å². The van der Waals surface area contributed by atoms with E-state index in [4.69, 9.17) is 14.4 Å². The summed E-state index contributed by atoms with van der Waals surface area (Å²) in [6, 6.07) is 57.4. The molecule has 4 nitrogen and oxygen atoms in total. The molecule has 1 atom stereocenters. The molecule has 1 N–H and O–H groups in total. The maximum absolute atomic E-state index is 6.75. The molecule has 8 aromatic carbocycles. The van der Waals surface area contributed by atoms with Crippen LogP contribution < -0.4 is 5.32 Å². The topological polar surface area (TPSA) is 49.9 Å². The molecule has 0 bridgehead atoms. The minimum atomic E-state index is -0.281. The second-order valence-corrected chi connectivity index (χ2v) is 12.6. The summed E-state index contributed by atoms with van der Waals surface area (Å²) in [5.74, 6) is 1.47. The number of fused-ring (bicyclic) bond motifs is 9. The van der Waals surface area contributed by atoms with E-state index in [-0.39, 0.29) is 6.17 Å². The number of hydrogen-bond acceptors (Lipinski definition) is 4. The van der Waals surface area contributed by atoms with Crippen LogP contribution in [0.25, 0.3) is 65.4 Å². The van der Waals surface area contributed by atoms with Gasteiger partial charge in [0, 0.05) is 27.5 Å². The minimum absolute atomic E-state index is 0.281. The van der Waals surface area contributed by atoms with Gasteiger partial charge in [-0.15, -0.1) is 0 Å². The Bertz CT molecular complexity index is 2760. The van der Waals surface area contributed by atoms with Crippen molar-refractivity contribution < 1.29 is 4.42 Å². The van der Waals surface area contributed by atoms with Crippen molar-refractivity contribution in [1.82, 2.24) is 5.32 Å². The summed E-state index contributed by atoms with van der Waals surface area (Å²) in [5, 5.41) is 13.3. The predicted molar refractivity (Wildman–Crippen MR) is 204 cm³/mol. The van der Waals surface area contributed by atoms with Crippen LogP contribution in [-0.4, -0.2) is 11.7 Å². The van der Waals surface area contributed by atoms with Crippen molar-refractivity contribution in [2.75, 3.05) is 0 Å². The van der Waals surface area contributed by atoms with Crippen LogP contribution in [0, 0.1) is 0 Å². The Morgan fingerprint density at radius 1 is 0.469 bits per heavy atom. The highest BCUT2D eigenvalue weighted by Gasteiger charge is 2.24. The number of nitrogens with zero attached hydrogens (tertiary/aromatic N) is 2. The van der Waals surface area contributed by atoms with Crippen LogP contribution >= 0.6 is 0 Å². The molecule has 1 aromatic heterocycles. The largest absolute Gasteiger partial charge is 0.455 e. The molecule has 0 radical (unpaired) electrons. The Morgan fingerprint density at radius 3 is 1.80 bits per heavy atom. The van der Waals surface area contributed by atoms with Crippen LogP contribution in [0.4, 0.5) is 0 Å². The number of aliphatic imine (C=N–C) groups is 2. The van der Waals surface area contributed by atoms with Crippen molar-refractivity contribution in [3.05, 3.63) is 180 Å². The van der Waals surface area contributed by atoms with Gasteiger partial charge in [-0.3, -0.25) is 0 Å². The maximum atomic E-state index is 6.75. The van der Waals surface area contributed by atoms with E-state index in [9.17, 15) is 0 Å². The van der Waals surface area contributed by atoms with E-state index in [1.165, 1.54) is 32.3 Å². The molecule has 2 heterocycles. The lowest BCUT2D eigenvalue weighted by Crippen LogP contribution is -2.33.